The Morgan fingerprint density at radius 1 is 0.150 bits per heavy atom. The Balaban J connectivity index is 0.962. The molecular formula is C78H52N2. The second-order valence-corrected chi connectivity index (χ2v) is 20.7. The Labute approximate surface area is 465 Å². The first-order chi connectivity index (χ1) is 39.7. The van der Waals surface area contributed by atoms with Crippen molar-refractivity contribution >= 4 is 98.8 Å². The lowest BCUT2D eigenvalue weighted by Gasteiger charge is -2.30. The highest BCUT2D eigenvalue weighted by Crippen LogP contribution is 2.50. The van der Waals surface area contributed by atoms with Gasteiger partial charge >= 0.3 is 0 Å². The van der Waals surface area contributed by atoms with Crippen LogP contribution in [0.15, 0.2) is 315 Å². The second-order valence-electron chi connectivity index (χ2n) is 20.7. The van der Waals surface area contributed by atoms with Gasteiger partial charge in [0, 0.05) is 33.6 Å². The number of hydrogen-bond donors (Lipinski definition) is 0. The molecule has 0 unspecified atom stereocenters. The molecule has 0 spiro atoms. The van der Waals surface area contributed by atoms with E-state index in [-0.39, 0.29) is 0 Å². The number of hydrogen-bond acceptors (Lipinski definition) is 2. The van der Waals surface area contributed by atoms with E-state index in [1.54, 1.807) is 0 Å². The molecule has 80 heavy (non-hydrogen) atoms. The molecule has 0 atom stereocenters. The van der Waals surface area contributed by atoms with Gasteiger partial charge in [-0.2, -0.15) is 0 Å². The Hall–Kier alpha value is -10.5. The van der Waals surface area contributed by atoms with Crippen LogP contribution >= 0.6 is 0 Å². The number of nitrogens with zero attached hydrogens (tertiary/aromatic N) is 2. The maximum absolute atomic E-state index is 2.49. The summed E-state index contributed by atoms with van der Waals surface area (Å²) in [6.07, 6.45) is 0. The predicted molar refractivity (Wildman–Crippen MR) is 343 cm³/mol. The molecule has 2 heteroatoms. The molecule has 0 saturated heterocycles. The van der Waals surface area contributed by atoms with Crippen LogP contribution in [0.5, 0.6) is 0 Å². The summed E-state index contributed by atoms with van der Waals surface area (Å²) in [5.41, 5.74) is 16.0. The SMILES string of the molecule is c1ccc(-c2ccccc2N(c2ccc3c(c2)c2ccccc2c2cc4c5ccc(N(c6ccccc6-c6ccccc6)c6ccccc6-c6ccccc6)cc5c5ccccc5c4cc32)c2ccccc2-c2ccccc2)cc1. The molecule has 15 aromatic rings. The Bertz CT molecular complexity index is 4340. The highest BCUT2D eigenvalue weighted by atomic mass is 15.2. The summed E-state index contributed by atoms with van der Waals surface area (Å²) >= 11 is 0. The van der Waals surface area contributed by atoms with Crippen LogP contribution in [0.2, 0.25) is 0 Å². The summed E-state index contributed by atoms with van der Waals surface area (Å²) < 4.78 is 0. The van der Waals surface area contributed by atoms with Crippen molar-refractivity contribution in [3.8, 4) is 44.5 Å². The minimum Gasteiger partial charge on any atom is -0.309 e. The van der Waals surface area contributed by atoms with Gasteiger partial charge in [0.15, 0.2) is 0 Å². The van der Waals surface area contributed by atoms with Crippen molar-refractivity contribution in [2.45, 2.75) is 0 Å². The zero-order chi connectivity index (χ0) is 52.9. The van der Waals surface area contributed by atoms with E-state index in [4.69, 9.17) is 0 Å². The van der Waals surface area contributed by atoms with Gasteiger partial charge in [-0.05, 0) is 148 Å². The number of rotatable bonds is 10. The lowest BCUT2D eigenvalue weighted by molar-refractivity contribution is 1.29. The van der Waals surface area contributed by atoms with Gasteiger partial charge in [0.25, 0.3) is 0 Å². The molecule has 0 amide bonds. The molecule has 0 fully saturated rings. The van der Waals surface area contributed by atoms with Crippen LogP contribution in [-0.2, 0) is 0 Å². The van der Waals surface area contributed by atoms with Gasteiger partial charge < -0.3 is 9.80 Å². The molecule has 0 radical (unpaired) electrons. The van der Waals surface area contributed by atoms with Crippen LogP contribution in [0.1, 0.15) is 0 Å². The maximum Gasteiger partial charge on any atom is 0.0540 e. The van der Waals surface area contributed by atoms with E-state index in [9.17, 15) is 0 Å². The van der Waals surface area contributed by atoms with Crippen molar-refractivity contribution in [2.24, 2.45) is 0 Å². The zero-order valence-corrected chi connectivity index (χ0v) is 43.9. The van der Waals surface area contributed by atoms with E-state index < -0.39 is 0 Å². The van der Waals surface area contributed by atoms with Crippen molar-refractivity contribution in [1.29, 1.82) is 0 Å². The van der Waals surface area contributed by atoms with Gasteiger partial charge in [-0.3, -0.25) is 0 Å². The van der Waals surface area contributed by atoms with E-state index in [2.05, 4.69) is 325 Å². The average Bonchev–Trinajstić information content (AvgIpc) is 3.70. The fourth-order valence-electron chi connectivity index (χ4n) is 12.6. The first-order valence-electron chi connectivity index (χ1n) is 27.6. The van der Waals surface area contributed by atoms with Crippen molar-refractivity contribution in [3.05, 3.63) is 315 Å². The summed E-state index contributed by atoms with van der Waals surface area (Å²) in [5.74, 6) is 0. The molecule has 0 aliphatic rings. The third-order valence-electron chi connectivity index (χ3n) is 16.2. The van der Waals surface area contributed by atoms with Gasteiger partial charge in [0.1, 0.15) is 0 Å². The number of fused-ring (bicyclic) bond motifs is 12. The second kappa shape index (κ2) is 19.8. The highest BCUT2D eigenvalue weighted by molar-refractivity contribution is 6.33. The van der Waals surface area contributed by atoms with Crippen molar-refractivity contribution in [2.75, 3.05) is 9.80 Å². The summed E-state index contributed by atoms with van der Waals surface area (Å²) in [6.45, 7) is 0. The first kappa shape index (κ1) is 46.7. The minimum absolute atomic E-state index is 1.09. The fourth-order valence-corrected chi connectivity index (χ4v) is 12.6. The number of para-hydroxylation sites is 4. The zero-order valence-electron chi connectivity index (χ0n) is 43.9. The largest absolute Gasteiger partial charge is 0.309 e. The van der Waals surface area contributed by atoms with Crippen LogP contribution in [-0.4, -0.2) is 0 Å². The monoisotopic (exact) mass is 1020 g/mol. The van der Waals surface area contributed by atoms with Gasteiger partial charge in [-0.15, -0.1) is 0 Å². The van der Waals surface area contributed by atoms with Gasteiger partial charge in [-0.1, -0.05) is 255 Å². The number of benzene rings is 15. The average molecular weight is 1020 g/mol. The molecule has 0 heterocycles. The quantitative estimate of drug-likeness (QED) is 0.0995. The first-order valence-corrected chi connectivity index (χ1v) is 27.6. The van der Waals surface area contributed by atoms with E-state index in [1.165, 1.54) is 109 Å². The van der Waals surface area contributed by atoms with Crippen LogP contribution in [0.25, 0.3) is 109 Å². The summed E-state index contributed by atoms with van der Waals surface area (Å²) in [7, 11) is 0. The van der Waals surface area contributed by atoms with Gasteiger partial charge in [0.2, 0.25) is 0 Å². The molecule has 2 nitrogen and oxygen atoms in total. The molecule has 0 bridgehead atoms. The summed E-state index contributed by atoms with van der Waals surface area (Å²) in [5, 5.41) is 14.7. The van der Waals surface area contributed by atoms with Crippen molar-refractivity contribution < 1.29 is 0 Å². The molecular weight excluding hydrogens is 965 g/mol. The van der Waals surface area contributed by atoms with E-state index in [0.717, 1.165) is 34.1 Å². The predicted octanol–water partition coefficient (Wildman–Crippen LogP) is 22.2. The van der Waals surface area contributed by atoms with E-state index >= 15 is 0 Å². The maximum atomic E-state index is 2.49. The molecule has 15 rings (SSSR count). The number of anilines is 6. The molecule has 0 saturated carbocycles. The van der Waals surface area contributed by atoms with Crippen LogP contribution in [0, 0.1) is 0 Å². The van der Waals surface area contributed by atoms with Gasteiger partial charge in [0.05, 0.1) is 22.7 Å². The third-order valence-corrected chi connectivity index (χ3v) is 16.2. The normalized spacial score (nSPS) is 11.5. The van der Waals surface area contributed by atoms with Crippen LogP contribution < -0.4 is 9.80 Å². The smallest absolute Gasteiger partial charge is 0.0540 e. The molecule has 0 aliphatic carbocycles. The molecule has 15 aromatic carbocycles. The summed E-state index contributed by atoms with van der Waals surface area (Å²) in [4.78, 5) is 4.94. The third kappa shape index (κ3) is 7.96. The fraction of sp³-hybridized carbons (Fsp3) is 0. The topological polar surface area (TPSA) is 6.48 Å². The Morgan fingerprint density at radius 3 is 0.637 bits per heavy atom. The lowest BCUT2D eigenvalue weighted by Crippen LogP contribution is -2.12. The van der Waals surface area contributed by atoms with Crippen molar-refractivity contribution in [3.63, 3.8) is 0 Å². The minimum atomic E-state index is 1.09. The van der Waals surface area contributed by atoms with Crippen LogP contribution in [0.4, 0.5) is 34.1 Å². The van der Waals surface area contributed by atoms with Gasteiger partial charge in [-0.25, -0.2) is 0 Å². The standard InChI is InChI=1S/C78H52N2/c1-5-25-53(26-6-1)59-33-17-21-41-75(59)79(76-42-22-18-34-60(76)54-27-7-2-8-28-54)57-45-47-67-69(49-57)63-37-13-15-39-65(63)71-52-74-68-48-46-58(50-70(68)64-38-14-16-40-66(64)72(74)51-73(67)71)80(77-43-23-19-35-61(77)55-29-9-3-10-30-55)78-44-24-20-36-62(78)56-31-11-4-12-32-56/h1-52H. The van der Waals surface area contributed by atoms with Crippen molar-refractivity contribution in [1.82, 2.24) is 0 Å². The molecule has 0 aliphatic heterocycles. The molecule has 374 valence electrons. The molecule has 0 N–H and O–H groups in total. The van der Waals surface area contributed by atoms with E-state index in [1.807, 2.05) is 0 Å². The lowest BCUT2D eigenvalue weighted by atomic mass is 9.88. The Kier molecular flexibility index (Phi) is 11.6. The Morgan fingerprint density at radius 2 is 0.362 bits per heavy atom. The molecule has 0 aromatic heterocycles. The van der Waals surface area contributed by atoms with Crippen LogP contribution in [0.3, 0.4) is 0 Å². The highest BCUT2D eigenvalue weighted by Gasteiger charge is 2.24. The summed E-state index contributed by atoms with van der Waals surface area (Å²) in [6, 6.07) is 116. The van der Waals surface area contributed by atoms with E-state index in [0.29, 0.717) is 0 Å².